The third-order valence-electron chi connectivity index (χ3n) is 1.75. The SMILES string of the molecule is CC(=O)On1cnc(-c2cccnc2)c1. The molecule has 0 unspecified atom stereocenters. The van der Waals surface area contributed by atoms with E-state index in [1.54, 1.807) is 18.6 Å². The zero-order valence-electron chi connectivity index (χ0n) is 8.12. The standard InChI is InChI=1S/C10H9N3O2/c1-8(14)15-13-6-10(12-7-13)9-3-2-4-11-5-9/h2-7H,1H3. The van der Waals surface area contributed by atoms with E-state index in [1.165, 1.54) is 18.0 Å². The number of carbonyl (C=O) groups excluding carboxylic acids is 1. The van der Waals surface area contributed by atoms with Crippen LogP contribution >= 0.6 is 0 Å². The van der Waals surface area contributed by atoms with Gasteiger partial charge in [0.05, 0.1) is 11.9 Å². The lowest BCUT2D eigenvalue weighted by atomic mass is 10.2. The Bertz CT molecular complexity index is 465. The average molecular weight is 203 g/mol. The van der Waals surface area contributed by atoms with Gasteiger partial charge in [0.25, 0.3) is 0 Å². The molecule has 0 saturated carbocycles. The molecule has 2 rings (SSSR count). The van der Waals surface area contributed by atoms with Crippen LogP contribution < -0.4 is 4.84 Å². The molecule has 0 bridgehead atoms. The highest BCUT2D eigenvalue weighted by molar-refractivity contribution is 5.66. The van der Waals surface area contributed by atoms with Gasteiger partial charge in [-0.05, 0) is 12.1 Å². The van der Waals surface area contributed by atoms with Crippen LogP contribution in [0.3, 0.4) is 0 Å². The molecular formula is C10H9N3O2. The van der Waals surface area contributed by atoms with Gasteiger partial charge in [0.1, 0.15) is 6.33 Å². The summed E-state index contributed by atoms with van der Waals surface area (Å²) in [5, 5.41) is 0. The summed E-state index contributed by atoms with van der Waals surface area (Å²) in [7, 11) is 0. The number of nitrogens with zero attached hydrogens (tertiary/aromatic N) is 3. The summed E-state index contributed by atoms with van der Waals surface area (Å²) in [5.74, 6) is -0.384. The number of aromatic nitrogens is 3. The fourth-order valence-electron chi connectivity index (χ4n) is 1.17. The Labute approximate surface area is 86.3 Å². The number of hydrogen-bond acceptors (Lipinski definition) is 4. The number of imidazole rings is 1. The monoisotopic (exact) mass is 203 g/mol. The van der Waals surface area contributed by atoms with Crippen molar-refractivity contribution in [1.29, 1.82) is 0 Å². The Kier molecular flexibility index (Phi) is 2.45. The fraction of sp³-hybridized carbons (Fsp3) is 0.100. The van der Waals surface area contributed by atoms with Gasteiger partial charge in [0.15, 0.2) is 0 Å². The Hall–Kier alpha value is -2.17. The van der Waals surface area contributed by atoms with Crippen LogP contribution in [0.5, 0.6) is 0 Å². The lowest BCUT2D eigenvalue weighted by Gasteiger charge is -1.97. The minimum atomic E-state index is -0.384. The first-order chi connectivity index (χ1) is 7.25. The van der Waals surface area contributed by atoms with E-state index >= 15 is 0 Å². The molecule has 0 aliphatic carbocycles. The van der Waals surface area contributed by atoms with E-state index in [1.807, 2.05) is 12.1 Å². The van der Waals surface area contributed by atoms with Crippen LogP contribution in [0.2, 0.25) is 0 Å². The molecule has 2 aromatic heterocycles. The van der Waals surface area contributed by atoms with Gasteiger partial charge in [-0.25, -0.2) is 9.78 Å². The maximum atomic E-state index is 10.7. The van der Waals surface area contributed by atoms with Crippen LogP contribution in [0.25, 0.3) is 11.3 Å². The first-order valence-corrected chi connectivity index (χ1v) is 4.39. The van der Waals surface area contributed by atoms with Gasteiger partial charge in [0.2, 0.25) is 0 Å². The highest BCUT2D eigenvalue weighted by Gasteiger charge is 2.03. The Morgan fingerprint density at radius 2 is 2.40 bits per heavy atom. The Morgan fingerprint density at radius 3 is 3.07 bits per heavy atom. The molecule has 2 heterocycles. The molecule has 0 aliphatic rings. The van der Waals surface area contributed by atoms with Crippen molar-refractivity contribution >= 4 is 5.97 Å². The summed E-state index contributed by atoms with van der Waals surface area (Å²) in [4.78, 5) is 23.5. The van der Waals surface area contributed by atoms with Crippen molar-refractivity contribution in [2.45, 2.75) is 6.92 Å². The molecule has 0 saturated heterocycles. The average Bonchev–Trinajstić information content (AvgIpc) is 2.67. The maximum Gasteiger partial charge on any atom is 0.329 e. The van der Waals surface area contributed by atoms with Crippen molar-refractivity contribution in [3.05, 3.63) is 37.1 Å². The van der Waals surface area contributed by atoms with Crippen LogP contribution in [0.15, 0.2) is 37.1 Å². The minimum Gasteiger partial charge on any atom is -0.336 e. The molecule has 0 aliphatic heterocycles. The number of hydrogen-bond donors (Lipinski definition) is 0. The summed E-state index contributed by atoms with van der Waals surface area (Å²) in [6.45, 7) is 1.34. The predicted molar refractivity (Wildman–Crippen MR) is 52.7 cm³/mol. The third-order valence-corrected chi connectivity index (χ3v) is 1.75. The van der Waals surface area contributed by atoms with Crippen molar-refractivity contribution in [3.63, 3.8) is 0 Å². The lowest BCUT2D eigenvalue weighted by molar-refractivity contribution is -0.141. The van der Waals surface area contributed by atoms with E-state index in [0.29, 0.717) is 5.69 Å². The summed E-state index contributed by atoms with van der Waals surface area (Å²) in [6, 6.07) is 3.70. The highest BCUT2D eigenvalue weighted by Crippen LogP contribution is 2.13. The Balaban J connectivity index is 2.24. The van der Waals surface area contributed by atoms with Crippen molar-refractivity contribution in [2.75, 3.05) is 0 Å². The quantitative estimate of drug-likeness (QED) is 0.728. The second-order valence-electron chi connectivity index (χ2n) is 2.94. The van der Waals surface area contributed by atoms with Crippen molar-refractivity contribution < 1.29 is 9.63 Å². The molecule has 0 radical (unpaired) electrons. The van der Waals surface area contributed by atoms with Gasteiger partial charge in [-0.3, -0.25) is 4.98 Å². The number of pyridine rings is 1. The van der Waals surface area contributed by atoms with Crippen LogP contribution in [-0.2, 0) is 4.79 Å². The minimum absolute atomic E-state index is 0.384. The summed E-state index contributed by atoms with van der Waals surface area (Å²) in [5.41, 5.74) is 1.59. The van der Waals surface area contributed by atoms with Crippen molar-refractivity contribution in [1.82, 2.24) is 14.7 Å². The molecule has 0 aromatic carbocycles. The predicted octanol–water partition coefficient (Wildman–Crippen LogP) is 0.920. The normalized spacial score (nSPS) is 9.93. The second-order valence-corrected chi connectivity index (χ2v) is 2.94. The van der Waals surface area contributed by atoms with Gasteiger partial charge in [-0.15, -0.1) is 0 Å². The van der Waals surface area contributed by atoms with E-state index in [4.69, 9.17) is 4.84 Å². The van der Waals surface area contributed by atoms with Gasteiger partial charge < -0.3 is 4.84 Å². The number of rotatable bonds is 2. The molecule has 0 N–H and O–H groups in total. The van der Waals surface area contributed by atoms with Crippen LogP contribution in [-0.4, -0.2) is 20.7 Å². The molecule has 0 amide bonds. The van der Waals surface area contributed by atoms with Gasteiger partial charge in [-0.1, -0.05) is 0 Å². The van der Waals surface area contributed by atoms with E-state index in [0.717, 1.165) is 5.56 Å². The van der Waals surface area contributed by atoms with Crippen LogP contribution in [0.4, 0.5) is 0 Å². The van der Waals surface area contributed by atoms with E-state index in [9.17, 15) is 4.79 Å². The molecule has 15 heavy (non-hydrogen) atoms. The smallest absolute Gasteiger partial charge is 0.329 e. The topological polar surface area (TPSA) is 57.0 Å². The third kappa shape index (κ3) is 2.19. The second kappa shape index (κ2) is 3.91. The molecule has 0 spiro atoms. The zero-order valence-corrected chi connectivity index (χ0v) is 8.12. The van der Waals surface area contributed by atoms with Crippen LogP contribution in [0, 0.1) is 0 Å². The molecular weight excluding hydrogens is 194 g/mol. The fourth-order valence-corrected chi connectivity index (χ4v) is 1.17. The van der Waals surface area contributed by atoms with Crippen molar-refractivity contribution in [2.24, 2.45) is 0 Å². The summed E-state index contributed by atoms with van der Waals surface area (Å²) in [6.07, 6.45) is 6.44. The number of carbonyl (C=O) groups is 1. The first-order valence-electron chi connectivity index (χ1n) is 4.39. The Morgan fingerprint density at radius 1 is 1.53 bits per heavy atom. The van der Waals surface area contributed by atoms with Gasteiger partial charge in [0, 0.05) is 24.9 Å². The van der Waals surface area contributed by atoms with E-state index < -0.39 is 0 Å². The molecule has 2 aromatic rings. The highest BCUT2D eigenvalue weighted by atomic mass is 16.7. The molecule has 76 valence electrons. The first kappa shape index (κ1) is 9.39. The summed E-state index contributed by atoms with van der Waals surface area (Å²) >= 11 is 0. The lowest BCUT2D eigenvalue weighted by Crippen LogP contribution is -2.14. The van der Waals surface area contributed by atoms with Gasteiger partial charge >= 0.3 is 5.97 Å². The van der Waals surface area contributed by atoms with E-state index in [-0.39, 0.29) is 5.97 Å². The molecule has 5 heteroatoms. The van der Waals surface area contributed by atoms with Crippen LogP contribution in [0.1, 0.15) is 6.92 Å². The maximum absolute atomic E-state index is 10.7. The largest absolute Gasteiger partial charge is 0.336 e. The van der Waals surface area contributed by atoms with Crippen molar-refractivity contribution in [3.8, 4) is 11.3 Å². The molecule has 0 fully saturated rings. The van der Waals surface area contributed by atoms with Gasteiger partial charge in [-0.2, -0.15) is 4.73 Å². The zero-order chi connectivity index (χ0) is 10.7. The van der Waals surface area contributed by atoms with E-state index in [2.05, 4.69) is 9.97 Å². The molecule has 0 atom stereocenters. The molecule has 5 nitrogen and oxygen atoms in total. The summed E-state index contributed by atoms with van der Waals surface area (Å²) < 4.78 is 1.27.